The molecule has 2 aromatic rings. The average Bonchev–Trinajstić information content (AvgIpc) is 2.88. The Bertz CT molecular complexity index is 689. The van der Waals surface area contributed by atoms with Crippen LogP contribution < -0.4 is 5.32 Å². The van der Waals surface area contributed by atoms with E-state index in [2.05, 4.69) is 63.4 Å². The average molecular weight is 355 g/mol. The predicted octanol–water partition coefficient (Wildman–Crippen LogP) is 3.55. The summed E-state index contributed by atoms with van der Waals surface area (Å²) in [5.41, 5.74) is 3.54. The van der Waals surface area contributed by atoms with Gasteiger partial charge in [-0.15, -0.1) is 0 Å². The number of pyridine rings is 1. The molecule has 0 atom stereocenters. The maximum absolute atomic E-state index is 5.65. The summed E-state index contributed by atoms with van der Waals surface area (Å²) in [5.74, 6) is 0. The molecule has 0 bridgehead atoms. The highest BCUT2D eigenvalue weighted by atomic mass is 32.1. The molecular weight excluding hydrogens is 328 g/mol. The fourth-order valence-corrected chi connectivity index (χ4v) is 3.42. The summed E-state index contributed by atoms with van der Waals surface area (Å²) in [6.07, 6.45) is 4.01. The summed E-state index contributed by atoms with van der Waals surface area (Å²) >= 11 is 5.65. The Morgan fingerprint density at radius 2 is 2.04 bits per heavy atom. The Morgan fingerprint density at radius 3 is 2.84 bits per heavy atom. The monoisotopic (exact) mass is 354 g/mol. The number of thiocarbonyl (C=S) groups is 1. The molecule has 1 aromatic heterocycles. The molecule has 1 fully saturated rings. The number of nitrogens with zero attached hydrogens (tertiary/aromatic N) is 3. The molecule has 132 valence electrons. The van der Waals surface area contributed by atoms with Gasteiger partial charge in [-0.2, -0.15) is 0 Å². The molecule has 4 nitrogen and oxygen atoms in total. The van der Waals surface area contributed by atoms with Gasteiger partial charge in [0.05, 0.1) is 5.69 Å². The molecule has 1 saturated heterocycles. The molecule has 0 aliphatic carbocycles. The lowest BCUT2D eigenvalue weighted by Crippen LogP contribution is -2.37. The van der Waals surface area contributed by atoms with Crippen molar-refractivity contribution in [3.63, 3.8) is 0 Å². The molecular formula is C20H26N4S. The second-order valence-corrected chi connectivity index (χ2v) is 6.81. The van der Waals surface area contributed by atoms with E-state index >= 15 is 0 Å². The van der Waals surface area contributed by atoms with Gasteiger partial charge in [-0.1, -0.05) is 25.1 Å². The van der Waals surface area contributed by atoms with Crippen molar-refractivity contribution in [2.75, 3.05) is 31.5 Å². The summed E-state index contributed by atoms with van der Waals surface area (Å²) in [5, 5.41) is 4.23. The summed E-state index contributed by atoms with van der Waals surface area (Å²) in [6.45, 7) is 7.12. The quantitative estimate of drug-likeness (QED) is 0.849. The van der Waals surface area contributed by atoms with Crippen LogP contribution in [-0.4, -0.2) is 46.1 Å². The molecule has 1 N–H and O–H groups in total. The Kier molecular flexibility index (Phi) is 6.36. The van der Waals surface area contributed by atoms with Gasteiger partial charge in [0, 0.05) is 44.6 Å². The first-order chi connectivity index (χ1) is 12.2. The fourth-order valence-electron chi connectivity index (χ4n) is 3.12. The number of aryl methyl sites for hydroxylation is 1. The third kappa shape index (κ3) is 5.25. The van der Waals surface area contributed by atoms with Gasteiger partial charge in [-0.05, 0) is 54.9 Å². The van der Waals surface area contributed by atoms with E-state index in [1.54, 1.807) is 0 Å². The molecule has 0 spiro atoms. The smallest absolute Gasteiger partial charge is 0.173 e. The minimum absolute atomic E-state index is 0.827. The maximum atomic E-state index is 5.65. The van der Waals surface area contributed by atoms with E-state index in [1.165, 1.54) is 5.56 Å². The topological polar surface area (TPSA) is 31.4 Å². The van der Waals surface area contributed by atoms with Crippen LogP contribution in [0.1, 0.15) is 24.6 Å². The van der Waals surface area contributed by atoms with Crippen molar-refractivity contribution in [1.82, 2.24) is 14.8 Å². The van der Waals surface area contributed by atoms with Crippen LogP contribution in [0.15, 0.2) is 48.7 Å². The zero-order chi connectivity index (χ0) is 17.5. The number of benzene rings is 1. The van der Waals surface area contributed by atoms with E-state index in [1.807, 2.05) is 12.3 Å². The van der Waals surface area contributed by atoms with E-state index in [9.17, 15) is 0 Å². The SMILES string of the molecule is CCc1cccc(NC(=S)N2CCCN(Cc3ccccn3)CC2)c1. The molecule has 0 radical (unpaired) electrons. The van der Waals surface area contributed by atoms with Crippen LogP contribution in [0.2, 0.25) is 0 Å². The maximum Gasteiger partial charge on any atom is 0.173 e. The minimum atomic E-state index is 0.827. The zero-order valence-electron chi connectivity index (χ0n) is 14.8. The molecule has 1 aromatic carbocycles. The van der Waals surface area contributed by atoms with Crippen LogP contribution in [0.3, 0.4) is 0 Å². The predicted molar refractivity (Wildman–Crippen MR) is 108 cm³/mol. The summed E-state index contributed by atoms with van der Waals surface area (Å²) < 4.78 is 0. The number of rotatable bonds is 4. The number of aromatic nitrogens is 1. The highest BCUT2D eigenvalue weighted by Crippen LogP contribution is 2.13. The van der Waals surface area contributed by atoms with Gasteiger partial charge >= 0.3 is 0 Å². The molecule has 1 aliphatic heterocycles. The number of hydrogen-bond acceptors (Lipinski definition) is 3. The third-order valence-corrected chi connectivity index (χ3v) is 4.93. The van der Waals surface area contributed by atoms with E-state index in [0.717, 1.165) is 62.1 Å². The Hall–Kier alpha value is -1.98. The Morgan fingerprint density at radius 1 is 1.12 bits per heavy atom. The molecule has 5 heteroatoms. The second-order valence-electron chi connectivity index (χ2n) is 6.42. The number of nitrogens with one attached hydrogen (secondary N) is 1. The van der Waals surface area contributed by atoms with Crippen LogP contribution in [0.4, 0.5) is 5.69 Å². The fraction of sp³-hybridized carbons (Fsp3) is 0.400. The lowest BCUT2D eigenvalue weighted by atomic mass is 10.1. The van der Waals surface area contributed by atoms with Gasteiger partial charge in [-0.3, -0.25) is 9.88 Å². The molecule has 0 unspecified atom stereocenters. The lowest BCUT2D eigenvalue weighted by molar-refractivity contribution is 0.275. The van der Waals surface area contributed by atoms with Crippen molar-refractivity contribution >= 4 is 23.0 Å². The first-order valence-corrected chi connectivity index (χ1v) is 9.42. The van der Waals surface area contributed by atoms with Crippen LogP contribution in [0, 0.1) is 0 Å². The van der Waals surface area contributed by atoms with Crippen molar-refractivity contribution in [2.45, 2.75) is 26.3 Å². The molecule has 25 heavy (non-hydrogen) atoms. The highest BCUT2D eigenvalue weighted by Gasteiger charge is 2.17. The van der Waals surface area contributed by atoms with Crippen molar-refractivity contribution in [1.29, 1.82) is 0 Å². The van der Waals surface area contributed by atoms with Crippen molar-refractivity contribution in [3.05, 3.63) is 59.9 Å². The van der Waals surface area contributed by atoms with E-state index in [4.69, 9.17) is 12.2 Å². The minimum Gasteiger partial charge on any atom is -0.348 e. The first kappa shape index (κ1) is 17.8. The van der Waals surface area contributed by atoms with E-state index in [0.29, 0.717) is 0 Å². The van der Waals surface area contributed by atoms with Crippen molar-refractivity contribution in [3.8, 4) is 0 Å². The van der Waals surface area contributed by atoms with Crippen LogP contribution in [-0.2, 0) is 13.0 Å². The van der Waals surface area contributed by atoms with Crippen molar-refractivity contribution < 1.29 is 0 Å². The highest BCUT2D eigenvalue weighted by molar-refractivity contribution is 7.80. The van der Waals surface area contributed by atoms with Gasteiger partial charge in [0.25, 0.3) is 0 Å². The van der Waals surface area contributed by atoms with E-state index in [-0.39, 0.29) is 0 Å². The first-order valence-electron chi connectivity index (χ1n) is 9.01. The summed E-state index contributed by atoms with van der Waals surface area (Å²) in [4.78, 5) is 9.18. The number of hydrogen-bond donors (Lipinski definition) is 1. The molecule has 0 amide bonds. The van der Waals surface area contributed by atoms with Gasteiger partial charge in [0.1, 0.15) is 0 Å². The van der Waals surface area contributed by atoms with Crippen LogP contribution >= 0.6 is 12.2 Å². The van der Waals surface area contributed by atoms with Crippen molar-refractivity contribution in [2.24, 2.45) is 0 Å². The van der Waals surface area contributed by atoms with Gasteiger partial charge in [0.15, 0.2) is 5.11 Å². The third-order valence-electron chi connectivity index (χ3n) is 4.57. The Labute approximate surface area is 155 Å². The lowest BCUT2D eigenvalue weighted by Gasteiger charge is -2.24. The largest absolute Gasteiger partial charge is 0.348 e. The summed E-state index contributed by atoms with van der Waals surface area (Å²) in [6, 6.07) is 14.6. The van der Waals surface area contributed by atoms with Gasteiger partial charge in [-0.25, -0.2) is 0 Å². The van der Waals surface area contributed by atoms with Crippen LogP contribution in [0.25, 0.3) is 0 Å². The van der Waals surface area contributed by atoms with Gasteiger partial charge in [0.2, 0.25) is 0 Å². The second kappa shape index (κ2) is 8.92. The number of anilines is 1. The molecule has 2 heterocycles. The van der Waals surface area contributed by atoms with Gasteiger partial charge < -0.3 is 10.2 Å². The molecule has 1 aliphatic rings. The van der Waals surface area contributed by atoms with Crippen LogP contribution in [0.5, 0.6) is 0 Å². The summed E-state index contributed by atoms with van der Waals surface area (Å²) in [7, 11) is 0. The zero-order valence-corrected chi connectivity index (χ0v) is 15.6. The Balaban J connectivity index is 1.54. The normalized spacial score (nSPS) is 15.6. The standard InChI is InChI=1S/C20H26N4S/c1-2-17-7-5-9-18(15-17)22-20(25)24-12-6-11-23(13-14-24)16-19-8-3-4-10-21-19/h3-5,7-10,15H,2,6,11-14,16H2,1H3,(H,22,25). The molecule has 0 saturated carbocycles. The van der Waals surface area contributed by atoms with E-state index < -0.39 is 0 Å². The molecule has 3 rings (SSSR count).